The average Bonchev–Trinajstić information content (AvgIpc) is 2.88. The SMILES string of the molecule is Cc1ccncc1NC(=O)NC[C@@H]1CCO[C@@H]1C(C)C. The van der Waals surface area contributed by atoms with E-state index in [1.54, 1.807) is 12.4 Å². The fourth-order valence-electron chi connectivity index (χ4n) is 2.60. The molecule has 5 heteroatoms. The third-order valence-electron chi connectivity index (χ3n) is 3.73. The Bertz CT molecular complexity index is 462. The van der Waals surface area contributed by atoms with E-state index in [0.29, 0.717) is 18.4 Å². The molecule has 1 aliphatic rings. The minimum Gasteiger partial charge on any atom is -0.378 e. The molecule has 20 heavy (non-hydrogen) atoms. The van der Waals surface area contributed by atoms with Crippen molar-refractivity contribution in [1.29, 1.82) is 0 Å². The van der Waals surface area contributed by atoms with Gasteiger partial charge in [0.1, 0.15) is 0 Å². The summed E-state index contributed by atoms with van der Waals surface area (Å²) in [7, 11) is 0. The maximum Gasteiger partial charge on any atom is 0.319 e. The average molecular weight is 277 g/mol. The van der Waals surface area contributed by atoms with Gasteiger partial charge < -0.3 is 15.4 Å². The maximum atomic E-state index is 11.9. The van der Waals surface area contributed by atoms with Crippen LogP contribution < -0.4 is 10.6 Å². The number of aromatic nitrogens is 1. The van der Waals surface area contributed by atoms with Crippen molar-refractivity contribution >= 4 is 11.7 Å². The number of urea groups is 1. The number of pyridine rings is 1. The van der Waals surface area contributed by atoms with Crippen molar-refractivity contribution < 1.29 is 9.53 Å². The van der Waals surface area contributed by atoms with Gasteiger partial charge in [-0.1, -0.05) is 13.8 Å². The van der Waals surface area contributed by atoms with Crippen molar-refractivity contribution in [1.82, 2.24) is 10.3 Å². The summed E-state index contributed by atoms with van der Waals surface area (Å²) in [4.78, 5) is 15.9. The molecule has 1 saturated heterocycles. The molecule has 0 spiro atoms. The second-order valence-electron chi connectivity index (χ2n) is 5.65. The van der Waals surface area contributed by atoms with Crippen LogP contribution in [0.2, 0.25) is 0 Å². The Labute approximate surface area is 120 Å². The zero-order valence-corrected chi connectivity index (χ0v) is 12.3. The van der Waals surface area contributed by atoms with E-state index in [9.17, 15) is 4.79 Å². The van der Waals surface area contributed by atoms with Gasteiger partial charge >= 0.3 is 6.03 Å². The number of carbonyl (C=O) groups excluding carboxylic acids is 1. The standard InChI is InChI=1S/C15H23N3O2/c1-10(2)14-12(5-7-20-14)8-17-15(19)18-13-9-16-6-4-11(13)3/h4,6,9-10,12,14H,5,7-8H2,1-3H3,(H2,17,18,19)/t12-,14+/m0/s1. The van der Waals surface area contributed by atoms with Crippen molar-refractivity contribution in [3.63, 3.8) is 0 Å². The summed E-state index contributed by atoms with van der Waals surface area (Å²) in [5.74, 6) is 0.878. The van der Waals surface area contributed by atoms with E-state index in [-0.39, 0.29) is 12.1 Å². The fraction of sp³-hybridized carbons (Fsp3) is 0.600. The highest BCUT2D eigenvalue weighted by Gasteiger charge is 2.30. The molecule has 1 aliphatic heterocycles. The minimum absolute atomic E-state index is 0.185. The van der Waals surface area contributed by atoms with E-state index in [2.05, 4.69) is 29.5 Å². The van der Waals surface area contributed by atoms with Crippen molar-refractivity contribution in [2.75, 3.05) is 18.5 Å². The predicted molar refractivity (Wildman–Crippen MR) is 78.7 cm³/mol. The molecular formula is C15H23N3O2. The van der Waals surface area contributed by atoms with Crippen LogP contribution in [-0.4, -0.2) is 30.3 Å². The van der Waals surface area contributed by atoms with Crippen LogP contribution in [0.3, 0.4) is 0 Å². The predicted octanol–water partition coefficient (Wildman–Crippen LogP) is 2.57. The molecule has 0 bridgehead atoms. The van der Waals surface area contributed by atoms with Gasteiger partial charge in [-0.25, -0.2) is 4.79 Å². The molecule has 0 aliphatic carbocycles. The minimum atomic E-state index is -0.185. The molecule has 110 valence electrons. The van der Waals surface area contributed by atoms with Crippen molar-refractivity contribution in [2.45, 2.75) is 33.3 Å². The van der Waals surface area contributed by atoms with E-state index in [0.717, 1.165) is 24.3 Å². The van der Waals surface area contributed by atoms with Gasteiger partial charge in [-0.15, -0.1) is 0 Å². The highest BCUT2D eigenvalue weighted by Crippen LogP contribution is 2.26. The smallest absolute Gasteiger partial charge is 0.319 e. The number of hydrogen-bond acceptors (Lipinski definition) is 3. The Balaban J connectivity index is 1.82. The van der Waals surface area contributed by atoms with Gasteiger partial charge in [0.25, 0.3) is 0 Å². The van der Waals surface area contributed by atoms with Crippen LogP contribution in [0.25, 0.3) is 0 Å². The second kappa shape index (κ2) is 6.70. The summed E-state index contributed by atoms with van der Waals surface area (Å²) < 4.78 is 5.71. The van der Waals surface area contributed by atoms with Gasteiger partial charge in [0, 0.05) is 25.3 Å². The number of carbonyl (C=O) groups is 1. The Morgan fingerprint density at radius 3 is 3.05 bits per heavy atom. The molecule has 0 unspecified atom stereocenters. The van der Waals surface area contributed by atoms with Crippen molar-refractivity contribution in [2.24, 2.45) is 11.8 Å². The summed E-state index contributed by atoms with van der Waals surface area (Å²) in [6.45, 7) is 7.69. The number of nitrogens with one attached hydrogen (secondary N) is 2. The number of hydrogen-bond donors (Lipinski definition) is 2. The first-order valence-corrected chi connectivity index (χ1v) is 7.15. The quantitative estimate of drug-likeness (QED) is 0.889. The first kappa shape index (κ1) is 14.8. The largest absolute Gasteiger partial charge is 0.378 e. The van der Waals surface area contributed by atoms with Crippen LogP contribution in [0.1, 0.15) is 25.8 Å². The third-order valence-corrected chi connectivity index (χ3v) is 3.73. The first-order chi connectivity index (χ1) is 9.58. The number of ether oxygens (including phenoxy) is 1. The molecule has 2 heterocycles. The summed E-state index contributed by atoms with van der Waals surface area (Å²) in [6.07, 6.45) is 4.62. The third kappa shape index (κ3) is 3.70. The van der Waals surface area contributed by atoms with Crippen LogP contribution in [0, 0.1) is 18.8 Å². The van der Waals surface area contributed by atoms with Crippen LogP contribution >= 0.6 is 0 Å². The summed E-state index contributed by atoms with van der Waals surface area (Å²) >= 11 is 0. The van der Waals surface area contributed by atoms with Gasteiger partial charge in [0.2, 0.25) is 0 Å². The van der Waals surface area contributed by atoms with Gasteiger partial charge in [0.05, 0.1) is 18.0 Å². The monoisotopic (exact) mass is 277 g/mol. The molecule has 2 amide bonds. The molecule has 1 aromatic rings. The molecule has 2 N–H and O–H groups in total. The maximum absolute atomic E-state index is 11.9. The Morgan fingerprint density at radius 2 is 2.35 bits per heavy atom. The van der Waals surface area contributed by atoms with Crippen LogP contribution in [0.5, 0.6) is 0 Å². The summed E-state index contributed by atoms with van der Waals surface area (Å²) in [6, 6.07) is 1.69. The zero-order chi connectivity index (χ0) is 14.5. The number of anilines is 1. The lowest BCUT2D eigenvalue weighted by Crippen LogP contribution is -2.37. The molecular weight excluding hydrogens is 254 g/mol. The first-order valence-electron chi connectivity index (χ1n) is 7.15. The molecule has 0 radical (unpaired) electrons. The zero-order valence-electron chi connectivity index (χ0n) is 12.3. The van der Waals surface area contributed by atoms with Crippen LogP contribution in [-0.2, 0) is 4.74 Å². The van der Waals surface area contributed by atoms with E-state index < -0.39 is 0 Å². The second-order valence-corrected chi connectivity index (χ2v) is 5.65. The highest BCUT2D eigenvalue weighted by molar-refractivity contribution is 5.89. The Hall–Kier alpha value is -1.62. The van der Waals surface area contributed by atoms with Gasteiger partial charge in [-0.3, -0.25) is 4.98 Å². The molecule has 2 rings (SSSR count). The molecule has 0 aromatic carbocycles. The normalized spacial score (nSPS) is 22.0. The van der Waals surface area contributed by atoms with E-state index >= 15 is 0 Å². The lowest BCUT2D eigenvalue weighted by atomic mass is 9.93. The number of rotatable bonds is 4. The number of amides is 2. The molecule has 1 fully saturated rings. The Morgan fingerprint density at radius 1 is 1.55 bits per heavy atom. The topological polar surface area (TPSA) is 63.2 Å². The molecule has 2 atom stereocenters. The lowest BCUT2D eigenvalue weighted by molar-refractivity contribution is 0.0546. The number of nitrogens with zero attached hydrogens (tertiary/aromatic N) is 1. The van der Waals surface area contributed by atoms with E-state index in [1.165, 1.54) is 0 Å². The molecule has 5 nitrogen and oxygen atoms in total. The van der Waals surface area contributed by atoms with Gasteiger partial charge in [-0.05, 0) is 30.9 Å². The number of aryl methyl sites for hydroxylation is 1. The van der Waals surface area contributed by atoms with Crippen LogP contribution in [0.4, 0.5) is 10.5 Å². The fourth-order valence-corrected chi connectivity index (χ4v) is 2.60. The van der Waals surface area contributed by atoms with Crippen molar-refractivity contribution in [3.8, 4) is 0 Å². The van der Waals surface area contributed by atoms with Gasteiger partial charge in [-0.2, -0.15) is 0 Å². The molecule has 0 saturated carbocycles. The van der Waals surface area contributed by atoms with E-state index in [1.807, 2.05) is 13.0 Å². The van der Waals surface area contributed by atoms with Crippen molar-refractivity contribution in [3.05, 3.63) is 24.0 Å². The van der Waals surface area contributed by atoms with E-state index in [4.69, 9.17) is 4.74 Å². The molecule has 1 aromatic heterocycles. The lowest BCUT2D eigenvalue weighted by Gasteiger charge is -2.22. The highest BCUT2D eigenvalue weighted by atomic mass is 16.5. The summed E-state index contributed by atoms with van der Waals surface area (Å²) in [5.41, 5.74) is 1.74. The van der Waals surface area contributed by atoms with Gasteiger partial charge in [0.15, 0.2) is 0 Å². The Kier molecular flexibility index (Phi) is 4.95. The summed E-state index contributed by atoms with van der Waals surface area (Å²) in [5, 5.41) is 5.75. The van der Waals surface area contributed by atoms with Crippen LogP contribution in [0.15, 0.2) is 18.5 Å².